The standard InChI is InChI=1S/C36H49N5O7S/c1-22-9-7-8-10-25-20-36(25,34(44)39-49(45,46)35(3)13-14-35)38-32(43)29-19-27(21-41(29)31(42)16-23(2)15-22)48-33-28-12-11-26(47-6)17-24(28)18-30(37-33)40(4)5/h8,10-12,17-18,22-23,25,27,29H,7,9,13-16,19-21H2,1-6H3,(H,38,43)(H,39,44)/b10-8-/t22-,23+,25+,27+,29-,36+/m0/s1. The van der Waals surface area contributed by atoms with Crippen molar-refractivity contribution in [3.05, 3.63) is 36.4 Å². The van der Waals surface area contributed by atoms with Gasteiger partial charge in [0.15, 0.2) is 0 Å². The number of pyridine rings is 1. The van der Waals surface area contributed by atoms with Gasteiger partial charge in [-0.2, -0.15) is 4.98 Å². The molecule has 2 saturated carbocycles. The highest BCUT2D eigenvalue weighted by Crippen LogP contribution is 2.47. The molecule has 2 N–H and O–H groups in total. The van der Waals surface area contributed by atoms with Crippen molar-refractivity contribution in [2.75, 3.05) is 32.6 Å². The number of carbonyl (C=O) groups excluding carboxylic acids is 3. The van der Waals surface area contributed by atoms with Gasteiger partial charge in [-0.05, 0) is 86.9 Å². The van der Waals surface area contributed by atoms with E-state index in [1.807, 2.05) is 55.4 Å². The number of fused-ring (bicyclic) bond motifs is 3. The molecule has 0 bridgehead atoms. The van der Waals surface area contributed by atoms with Gasteiger partial charge in [0.2, 0.25) is 27.7 Å². The van der Waals surface area contributed by atoms with E-state index in [0.717, 1.165) is 30.0 Å². The highest BCUT2D eigenvalue weighted by Gasteiger charge is 2.63. The van der Waals surface area contributed by atoms with E-state index in [9.17, 15) is 22.8 Å². The summed E-state index contributed by atoms with van der Waals surface area (Å²) in [5, 5.41) is 4.58. The van der Waals surface area contributed by atoms with Crippen molar-refractivity contribution in [1.29, 1.82) is 0 Å². The Kier molecular flexibility index (Phi) is 9.36. The number of hydrogen-bond acceptors (Lipinski definition) is 9. The summed E-state index contributed by atoms with van der Waals surface area (Å²) in [6, 6.07) is 6.65. The number of hydrogen-bond donors (Lipinski definition) is 2. The van der Waals surface area contributed by atoms with Crippen LogP contribution in [0.25, 0.3) is 10.8 Å². The van der Waals surface area contributed by atoms with Crippen LogP contribution in [0.3, 0.4) is 0 Å². The van der Waals surface area contributed by atoms with Crippen molar-refractivity contribution >= 4 is 44.3 Å². The monoisotopic (exact) mass is 695 g/mol. The molecular formula is C36H49N5O7S. The number of methoxy groups -OCH3 is 1. The fourth-order valence-electron chi connectivity index (χ4n) is 7.21. The van der Waals surface area contributed by atoms with Crippen LogP contribution in [0.5, 0.6) is 11.6 Å². The zero-order chi connectivity index (χ0) is 35.3. The van der Waals surface area contributed by atoms with Crippen molar-refractivity contribution in [2.45, 2.75) is 94.6 Å². The average Bonchev–Trinajstić information content (AvgIpc) is 3.92. The number of nitrogens with one attached hydrogen (secondary N) is 2. The number of aromatic nitrogens is 1. The lowest BCUT2D eigenvalue weighted by molar-refractivity contribution is -0.140. The molecule has 0 spiro atoms. The smallest absolute Gasteiger partial charge is 0.259 e. The van der Waals surface area contributed by atoms with Crippen molar-refractivity contribution < 1.29 is 32.3 Å². The molecule has 3 amide bonds. The van der Waals surface area contributed by atoms with Crippen molar-refractivity contribution in [3.63, 3.8) is 0 Å². The Morgan fingerprint density at radius 2 is 1.88 bits per heavy atom. The van der Waals surface area contributed by atoms with E-state index in [0.29, 0.717) is 36.2 Å². The Hall–Kier alpha value is -3.87. The Labute approximate surface area is 289 Å². The van der Waals surface area contributed by atoms with Crippen LogP contribution in [0.4, 0.5) is 5.82 Å². The Morgan fingerprint density at radius 3 is 2.57 bits per heavy atom. The summed E-state index contributed by atoms with van der Waals surface area (Å²) in [6.07, 6.45) is 7.65. The maximum Gasteiger partial charge on any atom is 0.259 e. The number of ether oxygens (including phenoxy) is 2. The van der Waals surface area contributed by atoms with Gasteiger partial charge >= 0.3 is 0 Å². The minimum Gasteiger partial charge on any atom is -0.497 e. The molecule has 266 valence electrons. The number of benzene rings is 1. The molecule has 13 heteroatoms. The molecule has 6 rings (SSSR count). The number of nitrogens with zero attached hydrogens (tertiary/aromatic N) is 3. The topological polar surface area (TPSA) is 147 Å². The summed E-state index contributed by atoms with van der Waals surface area (Å²) in [4.78, 5) is 50.1. The summed E-state index contributed by atoms with van der Waals surface area (Å²) in [6.45, 7) is 6.02. The third kappa shape index (κ3) is 7.09. The summed E-state index contributed by atoms with van der Waals surface area (Å²) >= 11 is 0. The minimum atomic E-state index is -3.92. The van der Waals surface area contributed by atoms with Crippen LogP contribution in [0.1, 0.15) is 72.1 Å². The Morgan fingerprint density at radius 1 is 1.12 bits per heavy atom. The third-order valence-electron chi connectivity index (χ3n) is 10.7. The number of rotatable bonds is 7. The predicted molar refractivity (Wildman–Crippen MR) is 187 cm³/mol. The van der Waals surface area contributed by atoms with Crippen LogP contribution in [-0.2, 0) is 24.4 Å². The second-order valence-electron chi connectivity index (χ2n) is 15.1. The maximum absolute atomic E-state index is 14.2. The van der Waals surface area contributed by atoms with Crippen LogP contribution >= 0.6 is 0 Å². The van der Waals surface area contributed by atoms with Gasteiger partial charge in [-0.1, -0.05) is 26.0 Å². The molecule has 0 unspecified atom stereocenters. The van der Waals surface area contributed by atoms with Crippen molar-refractivity contribution in [3.8, 4) is 11.6 Å². The molecule has 12 nitrogen and oxygen atoms in total. The van der Waals surface area contributed by atoms with Gasteiger partial charge in [0.05, 0.1) is 18.4 Å². The molecule has 3 heterocycles. The molecule has 1 aromatic carbocycles. The summed E-state index contributed by atoms with van der Waals surface area (Å²) in [7, 11) is 1.46. The van der Waals surface area contributed by atoms with Crippen LogP contribution in [0, 0.1) is 17.8 Å². The molecule has 3 fully saturated rings. The van der Waals surface area contributed by atoms with Crippen LogP contribution in [-0.4, -0.2) is 86.2 Å². The molecular weight excluding hydrogens is 646 g/mol. The minimum absolute atomic E-state index is 0.108. The van der Waals surface area contributed by atoms with Gasteiger partial charge in [0.1, 0.15) is 29.3 Å². The second-order valence-corrected chi connectivity index (χ2v) is 17.3. The van der Waals surface area contributed by atoms with Gasteiger partial charge in [0, 0.05) is 38.2 Å². The van der Waals surface area contributed by atoms with Crippen molar-refractivity contribution in [2.24, 2.45) is 17.8 Å². The molecule has 0 radical (unpaired) electrons. The number of allylic oxidation sites excluding steroid dienone is 1. The van der Waals surface area contributed by atoms with Crippen LogP contribution in [0.2, 0.25) is 0 Å². The summed E-state index contributed by atoms with van der Waals surface area (Å²) in [5.74, 6) is 0.488. The normalized spacial score (nSPS) is 30.6. The summed E-state index contributed by atoms with van der Waals surface area (Å²) in [5.41, 5.74) is -1.42. The molecule has 2 aliphatic carbocycles. The van der Waals surface area contributed by atoms with E-state index in [-0.39, 0.29) is 43.6 Å². The van der Waals surface area contributed by atoms with E-state index in [2.05, 4.69) is 23.9 Å². The Balaban J connectivity index is 1.30. The van der Waals surface area contributed by atoms with E-state index in [1.165, 1.54) is 0 Å². The fraction of sp³-hybridized carbons (Fsp3) is 0.611. The van der Waals surface area contributed by atoms with E-state index in [4.69, 9.17) is 14.5 Å². The molecule has 1 saturated heterocycles. The first-order chi connectivity index (χ1) is 23.1. The SMILES string of the molecule is COc1ccc2c(O[C@@H]3C[C@H]4C(=O)N[C@]5(C(=O)NS(=O)(=O)C6(C)CC6)C[C@H]5/C=C\CC[C@H](C)C[C@@H](C)CC(=O)N4C3)nc(N(C)C)cc2c1. The van der Waals surface area contributed by atoms with Gasteiger partial charge in [-0.15, -0.1) is 0 Å². The second kappa shape index (κ2) is 13.1. The lowest BCUT2D eigenvalue weighted by atomic mass is 9.91. The molecule has 1 aromatic heterocycles. The van der Waals surface area contributed by atoms with Crippen LogP contribution < -0.4 is 24.4 Å². The lowest BCUT2D eigenvalue weighted by Gasteiger charge is -2.28. The van der Waals surface area contributed by atoms with Gasteiger partial charge in [-0.3, -0.25) is 19.1 Å². The number of carbonyl (C=O) groups is 3. The third-order valence-corrected chi connectivity index (χ3v) is 12.9. The van der Waals surface area contributed by atoms with Gasteiger partial charge in [0.25, 0.3) is 5.91 Å². The predicted octanol–water partition coefficient (Wildman–Crippen LogP) is 3.93. The van der Waals surface area contributed by atoms with Gasteiger partial charge in [-0.25, -0.2) is 8.42 Å². The van der Waals surface area contributed by atoms with E-state index in [1.54, 1.807) is 18.9 Å². The molecule has 6 atom stereocenters. The zero-order valence-corrected chi connectivity index (χ0v) is 30.1. The Bertz CT molecular complexity index is 1770. The quantitative estimate of drug-likeness (QED) is 0.412. The van der Waals surface area contributed by atoms with E-state index < -0.39 is 44.3 Å². The number of amides is 3. The summed E-state index contributed by atoms with van der Waals surface area (Å²) < 4.78 is 39.4. The molecule has 4 aliphatic rings. The fourth-order valence-corrected chi connectivity index (χ4v) is 8.52. The number of anilines is 1. The van der Waals surface area contributed by atoms with Crippen molar-refractivity contribution in [1.82, 2.24) is 19.9 Å². The molecule has 2 aromatic rings. The molecule has 49 heavy (non-hydrogen) atoms. The first-order valence-corrected chi connectivity index (χ1v) is 18.8. The van der Waals surface area contributed by atoms with Gasteiger partial charge < -0.3 is 24.6 Å². The maximum atomic E-state index is 14.2. The zero-order valence-electron chi connectivity index (χ0n) is 29.3. The highest BCUT2D eigenvalue weighted by molar-refractivity contribution is 7.91. The first kappa shape index (κ1) is 35.0. The lowest BCUT2D eigenvalue weighted by Crippen LogP contribution is -2.57. The average molecular weight is 696 g/mol. The first-order valence-electron chi connectivity index (χ1n) is 17.3. The number of sulfonamides is 1. The highest BCUT2D eigenvalue weighted by atomic mass is 32.2. The molecule has 2 aliphatic heterocycles. The largest absolute Gasteiger partial charge is 0.497 e. The van der Waals surface area contributed by atoms with Crippen LogP contribution in [0.15, 0.2) is 36.4 Å². The van der Waals surface area contributed by atoms with E-state index >= 15 is 0 Å².